The number of amides is 2. The summed E-state index contributed by atoms with van der Waals surface area (Å²) in [5, 5.41) is 7.45. The van der Waals surface area contributed by atoms with Gasteiger partial charge in [-0.3, -0.25) is 14.5 Å². The first-order valence-corrected chi connectivity index (χ1v) is 13.6. The topological polar surface area (TPSA) is 110 Å². The third kappa shape index (κ3) is 7.11. The van der Waals surface area contributed by atoms with Crippen LogP contribution in [0, 0.1) is 6.92 Å². The van der Waals surface area contributed by atoms with Crippen LogP contribution in [-0.4, -0.2) is 34.0 Å². The van der Waals surface area contributed by atoms with Crippen LogP contribution in [-0.2, 0) is 35.4 Å². The van der Waals surface area contributed by atoms with E-state index in [1.165, 1.54) is 24.4 Å². The predicted molar refractivity (Wildman–Crippen MR) is 159 cm³/mol. The fourth-order valence-electron chi connectivity index (χ4n) is 4.28. The number of aryl methyl sites for hydroxylation is 2. The molecule has 0 fully saturated rings. The number of nitrogens with zero attached hydrogens (tertiary/aromatic N) is 4. The van der Waals surface area contributed by atoms with E-state index >= 15 is 0 Å². The van der Waals surface area contributed by atoms with E-state index in [1.54, 1.807) is 31.2 Å². The summed E-state index contributed by atoms with van der Waals surface area (Å²) in [6.07, 6.45) is 3.50. The van der Waals surface area contributed by atoms with E-state index in [9.17, 15) is 9.59 Å². The number of benzene rings is 2. The van der Waals surface area contributed by atoms with Crippen molar-refractivity contribution in [3.05, 3.63) is 105 Å². The number of carbonyl (C=O) groups is 2. The van der Waals surface area contributed by atoms with Gasteiger partial charge in [0.2, 0.25) is 11.8 Å². The van der Waals surface area contributed by atoms with Crippen LogP contribution < -0.4 is 15.0 Å². The SMILES string of the molecule is C=CC(=O)Nc1ccccc1Cc1cc(N(Cc2cc(C)no2)C(=O)Cc2c(Cl)c(CC)cc(OC)c2Cl)ncn1. The van der Waals surface area contributed by atoms with Crippen molar-refractivity contribution < 1.29 is 18.8 Å². The zero-order chi connectivity index (χ0) is 29.5. The first kappa shape index (κ1) is 29.8. The van der Waals surface area contributed by atoms with Gasteiger partial charge in [0.25, 0.3) is 0 Å². The molecule has 0 radical (unpaired) electrons. The number of hydrogen-bond acceptors (Lipinski definition) is 7. The smallest absolute Gasteiger partial charge is 0.247 e. The van der Waals surface area contributed by atoms with Gasteiger partial charge in [-0.25, -0.2) is 9.97 Å². The first-order valence-electron chi connectivity index (χ1n) is 12.8. The van der Waals surface area contributed by atoms with Gasteiger partial charge in [0.15, 0.2) is 5.76 Å². The summed E-state index contributed by atoms with van der Waals surface area (Å²) in [7, 11) is 1.52. The molecule has 4 rings (SSSR count). The highest BCUT2D eigenvalue weighted by atomic mass is 35.5. The zero-order valence-corrected chi connectivity index (χ0v) is 24.4. The van der Waals surface area contributed by atoms with Crippen molar-refractivity contribution in [2.45, 2.75) is 39.7 Å². The maximum atomic E-state index is 13.9. The molecule has 41 heavy (non-hydrogen) atoms. The lowest BCUT2D eigenvalue weighted by atomic mass is 10.0. The summed E-state index contributed by atoms with van der Waals surface area (Å²) in [5.74, 6) is 0.639. The molecule has 0 spiro atoms. The maximum Gasteiger partial charge on any atom is 0.247 e. The number of rotatable bonds is 11. The van der Waals surface area contributed by atoms with Gasteiger partial charge in [0, 0.05) is 34.8 Å². The van der Waals surface area contributed by atoms with Gasteiger partial charge in [0.05, 0.1) is 36.5 Å². The predicted octanol–water partition coefficient (Wildman–Crippen LogP) is 6.14. The maximum absolute atomic E-state index is 13.9. The number of anilines is 2. The van der Waals surface area contributed by atoms with Crippen molar-refractivity contribution in [3.8, 4) is 5.75 Å². The molecule has 0 unspecified atom stereocenters. The number of carbonyl (C=O) groups excluding carboxylic acids is 2. The summed E-state index contributed by atoms with van der Waals surface area (Å²) in [5.41, 5.74) is 4.07. The summed E-state index contributed by atoms with van der Waals surface area (Å²) >= 11 is 13.3. The molecule has 2 heterocycles. The van der Waals surface area contributed by atoms with Crippen LogP contribution in [0.1, 0.15) is 40.8 Å². The monoisotopic (exact) mass is 593 g/mol. The van der Waals surface area contributed by atoms with E-state index in [0.717, 1.165) is 11.1 Å². The summed E-state index contributed by atoms with van der Waals surface area (Å²) < 4.78 is 10.8. The number of methoxy groups -OCH3 is 1. The van der Waals surface area contributed by atoms with Crippen LogP contribution in [0.5, 0.6) is 5.75 Å². The van der Waals surface area contributed by atoms with Gasteiger partial charge in [-0.2, -0.15) is 0 Å². The average molecular weight is 594 g/mol. The molecule has 0 saturated carbocycles. The Morgan fingerprint density at radius 2 is 1.90 bits per heavy atom. The van der Waals surface area contributed by atoms with Crippen molar-refractivity contribution in [2.24, 2.45) is 0 Å². The van der Waals surface area contributed by atoms with Crippen LogP contribution in [0.3, 0.4) is 0 Å². The molecular formula is C30H29Cl2N5O4. The average Bonchev–Trinajstić information content (AvgIpc) is 3.39. The normalized spacial score (nSPS) is 10.8. The molecule has 0 atom stereocenters. The Morgan fingerprint density at radius 3 is 2.59 bits per heavy atom. The van der Waals surface area contributed by atoms with Gasteiger partial charge in [-0.05, 0) is 42.7 Å². The van der Waals surface area contributed by atoms with Crippen LogP contribution in [0.4, 0.5) is 11.5 Å². The van der Waals surface area contributed by atoms with Crippen molar-refractivity contribution >= 4 is 46.5 Å². The first-order chi connectivity index (χ1) is 19.7. The highest BCUT2D eigenvalue weighted by Gasteiger charge is 2.25. The van der Waals surface area contributed by atoms with Gasteiger partial charge in [-0.15, -0.1) is 0 Å². The highest BCUT2D eigenvalue weighted by Crippen LogP contribution is 2.37. The molecule has 4 aromatic rings. The lowest BCUT2D eigenvalue weighted by molar-refractivity contribution is -0.118. The molecule has 2 aromatic carbocycles. The molecule has 0 aliphatic rings. The van der Waals surface area contributed by atoms with Crippen LogP contribution in [0.25, 0.3) is 0 Å². The largest absolute Gasteiger partial charge is 0.495 e. The second kappa shape index (κ2) is 13.4. The summed E-state index contributed by atoms with van der Waals surface area (Å²) in [6, 6.07) is 12.6. The van der Waals surface area contributed by atoms with Gasteiger partial charge >= 0.3 is 0 Å². The fraction of sp³-hybridized carbons (Fsp3) is 0.233. The van der Waals surface area contributed by atoms with Gasteiger partial charge in [0.1, 0.15) is 17.9 Å². The Kier molecular flexibility index (Phi) is 9.75. The minimum Gasteiger partial charge on any atom is -0.495 e. The Balaban J connectivity index is 1.69. The molecule has 0 aliphatic carbocycles. The van der Waals surface area contributed by atoms with Crippen molar-refractivity contribution in [3.63, 3.8) is 0 Å². The third-order valence-corrected chi connectivity index (χ3v) is 7.26. The minimum absolute atomic E-state index is 0.0714. The molecule has 212 valence electrons. The molecule has 1 N–H and O–H groups in total. The number of ether oxygens (including phenoxy) is 1. The number of nitrogens with one attached hydrogen (secondary N) is 1. The quantitative estimate of drug-likeness (QED) is 0.208. The molecule has 11 heteroatoms. The molecule has 2 amide bonds. The number of para-hydroxylation sites is 1. The highest BCUT2D eigenvalue weighted by molar-refractivity contribution is 6.37. The van der Waals surface area contributed by atoms with Crippen LogP contribution in [0.15, 0.2) is 66.0 Å². The third-order valence-electron chi connectivity index (χ3n) is 6.37. The summed E-state index contributed by atoms with van der Waals surface area (Å²) in [6.45, 7) is 7.34. The van der Waals surface area contributed by atoms with Crippen molar-refractivity contribution in [1.29, 1.82) is 0 Å². The Hall–Kier alpha value is -4.21. The fourth-order valence-corrected chi connectivity index (χ4v) is 4.97. The number of hydrogen-bond donors (Lipinski definition) is 1. The van der Waals surface area contributed by atoms with Crippen molar-refractivity contribution in [2.75, 3.05) is 17.3 Å². The standard InChI is InChI=1S/C30H29Cl2N5O4/c1-5-19-13-25(40-4)30(32)23(29(19)31)15-28(39)37(16-22-11-18(3)36-41-22)26-14-21(33-17-34-26)12-20-9-7-8-10-24(20)35-27(38)6-2/h6-11,13-14,17H,2,5,12,15-16H2,1,3-4H3,(H,35,38). The lowest BCUT2D eigenvalue weighted by Gasteiger charge is -2.22. The van der Waals surface area contributed by atoms with E-state index in [0.29, 0.717) is 57.8 Å². The van der Waals surface area contributed by atoms with Crippen LogP contribution >= 0.6 is 23.2 Å². The van der Waals surface area contributed by atoms with E-state index in [2.05, 4.69) is 27.0 Å². The Bertz CT molecular complexity index is 1560. The zero-order valence-electron chi connectivity index (χ0n) is 22.9. The molecular weight excluding hydrogens is 565 g/mol. The van der Waals surface area contributed by atoms with E-state index in [4.69, 9.17) is 32.5 Å². The lowest BCUT2D eigenvalue weighted by Crippen LogP contribution is -2.33. The Morgan fingerprint density at radius 1 is 1.12 bits per heavy atom. The second-order valence-electron chi connectivity index (χ2n) is 9.18. The number of aromatic nitrogens is 3. The molecule has 2 aromatic heterocycles. The second-order valence-corrected chi connectivity index (χ2v) is 9.94. The molecule has 9 nitrogen and oxygen atoms in total. The van der Waals surface area contributed by atoms with Crippen molar-refractivity contribution in [1.82, 2.24) is 15.1 Å². The Labute approximate surface area is 248 Å². The van der Waals surface area contributed by atoms with E-state index < -0.39 is 0 Å². The molecule has 0 aliphatic heterocycles. The van der Waals surface area contributed by atoms with Gasteiger partial charge < -0.3 is 14.6 Å². The van der Waals surface area contributed by atoms with E-state index in [-0.39, 0.29) is 29.8 Å². The van der Waals surface area contributed by atoms with Crippen LogP contribution in [0.2, 0.25) is 10.0 Å². The minimum atomic E-state index is -0.318. The summed E-state index contributed by atoms with van der Waals surface area (Å²) in [4.78, 5) is 36.1. The van der Waals surface area contributed by atoms with Gasteiger partial charge in [-0.1, -0.05) is 60.1 Å². The molecule has 0 bridgehead atoms. The molecule has 0 saturated heterocycles. The number of halogens is 2. The van der Waals surface area contributed by atoms with E-state index in [1.807, 2.05) is 25.1 Å².